The van der Waals surface area contributed by atoms with Gasteiger partial charge in [-0.15, -0.1) is 0 Å². The van der Waals surface area contributed by atoms with Crippen molar-refractivity contribution < 1.29 is 14.1 Å². The van der Waals surface area contributed by atoms with Gasteiger partial charge in [-0.05, 0) is 6.07 Å². The van der Waals surface area contributed by atoms with Crippen LogP contribution in [-0.2, 0) is 18.4 Å². The van der Waals surface area contributed by atoms with Crippen LogP contribution in [0.3, 0.4) is 0 Å². The van der Waals surface area contributed by atoms with Crippen molar-refractivity contribution in [3.05, 3.63) is 36.0 Å². The maximum atomic E-state index is 11.6. The van der Waals surface area contributed by atoms with Crippen LogP contribution in [-0.4, -0.2) is 15.7 Å². The molecule has 0 saturated heterocycles. The molecule has 2 N–H and O–H groups in total. The number of hydrogen-bond acceptors (Lipinski definition) is 5. The lowest BCUT2D eigenvalue weighted by molar-refractivity contribution is 0.0461. The van der Waals surface area contributed by atoms with Gasteiger partial charge >= 0.3 is 5.97 Å². The first-order valence-electron chi connectivity index (χ1n) is 4.64. The third-order valence-corrected chi connectivity index (χ3v) is 2.09. The molecule has 0 aromatic carbocycles. The number of carbonyl (C=O) groups excluding carboxylic acids is 1. The minimum absolute atomic E-state index is 0.132. The van der Waals surface area contributed by atoms with E-state index in [1.165, 1.54) is 12.5 Å². The van der Waals surface area contributed by atoms with Gasteiger partial charge in [0.05, 0.1) is 11.9 Å². The number of nitrogens with two attached hydrogens (primary N) is 1. The molecule has 0 fully saturated rings. The average molecular weight is 221 g/mol. The molecule has 0 bridgehead atoms. The Morgan fingerprint density at radius 2 is 2.50 bits per heavy atom. The normalized spacial score (nSPS) is 10.3. The first kappa shape index (κ1) is 10.3. The van der Waals surface area contributed by atoms with Crippen molar-refractivity contribution in [2.75, 3.05) is 5.73 Å². The van der Waals surface area contributed by atoms with Crippen molar-refractivity contribution in [3.8, 4) is 0 Å². The number of aryl methyl sites for hydroxylation is 1. The number of ether oxygens (including phenoxy) is 1. The predicted molar refractivity (Wildman–Crippen MR) is 55.4 cm³/mol. The molecule has 0 amide bonds. The summed E-state index contributed by atoms with van der Waals surface area (Å²) in [6.07, 6.45) is 4.56. The summed E-state index contributed by atoms with van der Waals surface area (Å²) in [4.78, 5) is 11.6. The van der Waals surface area contributed by atoms with Crippen LogP contribution in [0, 0.1) is 0 Å². The summed E-state index contributed by atoms with van der Waals surface area (Å²) in [5.41, 5.74) is 7.20. The van der Waals surface area contributed by atoms with Crippen molar-refractivity contribution in [1.82, 2.24) is 9.72 Å². The number of hydrogen-bond donors (Lipinski definition) is 1. The smallest absolute Gasteiger partial charge is 0.355 e. The second-order valence-corrected chi connectivity index (χ2v) is 3.38. The fourth-order valence-electron chi connectivity index (χ4n) is 1.31. The molecule has 2 aromatic heterocycles. The van der Waals surface area contributed by atoms with Gasteiger partial charge in [-0.25, -0.2) is 4.79 Å². The molecule has 16 heavy (non-hydrogen) atoms. The largest absolute Gasteiger partial charge is 0.456 e. The third-order valence-electron chi connectivity index (χ3n) is 2.09. The zero-order valence-corrected chi connectivity index (χ0v) is 8.71. The van der Waals surface area contributed by atoms with Crippen molar-refractivity contribution in [2.45, 2.75) is 6.61 Å². The monoisotopic (exact) mass is 221 g/mol. The highest BCUT2D eigenvalue weighted by Crippen LogP contribution is 2.11. The van der Waals surface area contributed by atoms with Gasteiger partial charge in [-0.3, -0.25) is 0 Å². The Bertz CT molecular complexity index is 487. The zero-order valence-electron chi connectivity index (χ0n) is 8.71. The molecule has 6 heteroatoms. The molecule has 6 nitrogen and oxygen atoms in total. The number of anilines is 1. The van der Waals surface area contributed by atoms with Gasteiger partial charge in [-0.2, -0.15) is 0 Å². The summed E-state index contributed by atoms with van der Waals surface area (Å²) in [6.45, 7) is 0.132. The van der Waals surface area contributed by atoms with Crippen LogP contribution in [0.25, 0.3) is 0 Å². The summed E-state index contributed by atoms with van der Waals surface area (Å²) < 4.78 is 11.3. The Labute approximate surface area is 91.6 Å². The van der Waals surface area contributed by atoms with Gasteiger partial charge in [0.2, 0.25) is 0 Å². The summed E-state index contributed by atoms with van der Waals surface area (Å²) in [5, 5.41) is 3.50. The summed E-state index contributed by atoms with van der Waals surface area (Å²) in [5.74, 6) is -0.430. The average Bonchev–Trinajstić information content (AvgIpc) is 2.84. The Balaban J connectivity index is 2.01. The van der Waals surface area contributed by atoms with Gasteiger partial charge < -0.3 is 19.6 Å². The quantitative estimate of drug-likeness (QED) is 0.780. The molecule has 0 aliphatic heterocycles. The molecule has 0 atom stereocenters. The molecule has 0 unspecified atom stereocenters. The lowest BCUT2D eigenvalue weighted by Crippen LogP contribution is -2.09. The zero-order chi connectivity index (χ0) is 11.5. The van der Waals surface area contributed by atoms with Crippen LogP contribution < -0.4 is 5.73 Å². The van der Waals surface area contributed by atoms with Crippen molar-refractivity contribution in [1.29, 1.82) is 0 Å². The van der Waals surface area contributed by atoms with Gasteiger partial charge in [0.15, 0.2) is 0 Å². The van der Waals surface area contributed by atoms with Crippen molar-refractivity contribution in [2.24, 2.45) is 7.05 Å². The molecule has 0 radical (unpaired) electrons. The van der Waals surface area contributed by atoms with E-state index in [0.717, 1.165) is 0 Å². The van der Waals surface area contributed by atoms with Crippen LogP contribution in [0.15, 0.2) is 29.2 Å². The van der Waals surface area contributed by atoms with E-state index in [0.29, 0.717) is 16.9 Å². The summed E-state index contributed by atoms with van der Waals surface area (Å²) >= 11 is 0. The SMILES string of the molecule is Cn1cc(N)cc1C(=O)OCc1cnoc1. The van der Waals surface area contributed by atoms with E-state index in [-0.39, 0.29) is 6.61 Å². The second kappa shape index (κ2) is 4.09. The molecule has 2 heterocycles. The number of carbonyl (C=O) groups is 1. The number of esters is 1. The second-order valence-electron chi connectivity index (χ2n) is 3.38. The van der Waals surface area contributed by atoms with Crippen LogP contribution in [0.2, 0.25) is 0 Å². The fourth-order valence-corrected chi connectivity index (χ4v) is 1.31. The van der Waals surface area contributed by atoms with Crippen LogP contribution >= 0.6 is 0 Å². The Hall–Kier alpha value is -2.24. The molecule has 0 aliphatic rings. The van der Waals surface area contributed by atoms with E-state index in [2.05, 4.69) is 9.68 Å². The van der Waals surface area contributed by atoms with E-state index in [9.17, 15) is 4.79 Å². The molecular weight excluding hydrogens is 210 g/mol. The Morgan fingerprint density at radius 1 is 1.69 bits per heavy atom. The summed E-state index contributed by atoms with van der Waals surface area (Å²) in [7, 11) is 1.73. The first-order valence-corrected chi connectivity index (χ1v) is 4.64. The van der Waals surface area contributed by atoms with Crippen molar-refractivity contribution >= 4 is 11.7 Å². The first-order chi connectivity index (χ1) is 7.66. The van der Waals surface area contributed by atoms with E-state index < -0.39 is 5.97 Å². The highest BCUT2D eigenvalue weighted by molar-refractivity contribution is 5.89. The van der Waals surface area contributed by atoms with E-state index >= 15 is 0 Å². The third kappa shape index (κ3) is 2.05. The molecule has 0 spiro atoms. The Morgan fingerprint density at radius 3 is 3.06 bits per heavy atom. The van der Waals surface area contributed by atoms with Gasteiger partial charge in [0.25, 0.3) is 0 Å². The predicted octanol–water partition coefficient (Wildman–Crippen LogP) is 0.952. The maximum Gasteiger partial charge on any atom is 0.355 e. The molecule has 0 aliphatic carbocycles. The fraction of sp³-hybridized carbons (Fsp3) is 0.200. The minimum Gasteiger partial charge on any atom is -0.456 e. The standard InChI is InChI=1S/C10H11N3O3/c1-13-4-8(11)2-9(13)10(14)15-5-7-3-12-16-6-7/h2-4,6H,5,11H2,1H3. The molecule has 2 rings (SSSR count). The number of rotatable bonds is 3. The lowest BCUT2D eigenvalue weighted by Gasteiger charge is -2.03. The topological polar surface area (TPSA) is 83.3 Å². The summed E-state index contributed by atoms with van der Waals surface area (Å²) in [6, 6.07) is 1.57. The van der Waals surface area contributed by atoms with E-state index in [4.69, 9.17) is 10.5 Å². The minimum atomic E-state index is -0.430. The molecule has 0 saturated carbocycles. The van der Waals surface area contributed by atoms with Gasteiger partial charge in [-0.1, -0.05) is 5.16 Å². The van der Waals surface area contributed by atoms with E-state index in [1.54, 1.807) is 23.9 Å². The molecule has 2 aromatic rings. The highest BCUT2D eigenvalue weighted by Gasteiger charge is 2.12. The number of nitrogen functional groups attached to an aromatic ring is 1. The lowest BCUT2D eigenvalue weighted by atomic mass is 10.4. The van der Waals surface area contributed by atoms with Gasteiger partial charge in [0, 0.05) is 18.8 Å². The highest BCUT2D eigenvalue weighted by atomic mass is 16.5. The van der Waals surface area contributed by atoms with Gasteiger partial charge in [0.1, 0.15) is 18.6 Å². The van der Waals surface area contributed by atoms with Crippen LogP contribution in [0.4, 0.5) is 5.69 Å². The number of aromatic nitrogens is 2. The van der Waals surface area contributed by atoms with E-state index in [1.807, 2.05) is 0 Å². The van der Waals surface area contributed by atoms with Crippen LogP contribution in [0.5, 0.6) is 0 Å². The molecule has 84 valence electrons. The molecular formula is C10H11N3O3. The number of nitrogens with zero attached hydrogens (tertiary/aromatic N) is 2. The van der Waals surface area contributed by atoms with Crippen LogP contribution in [0.1, 0.15) is 16.1 Å². The maximum absolute atomic E-state index is 11.6. The van der Waals surface area contributed by atoms with Crippen molar-refractivity contribution in [3.63, 3.8) is 0 Å². The Kier molecular flexibility index (Phi) is 2.63.